The van der Waals surface area contributed by atoms with E-state index in [2.05, 4.69) is 20.8 Å². The van der Waals surface area contributed by atoms with E-state index in [0.717, 1.165) is 11.0 Å². The summed E-state index contributed by atoms with van der Waals surface area (Å²) in [5, 5.41) is 14.7. The van der Waals surface area contributed by atoms with Gasteiger partial charge in [-0.25, -0.2) is 18.5 Å². The van der Waals surface area contributed by atoms with E-state index >= 15 is 0 Å². The number of amides is 2. The Balaban J connectivity index is 1.39. The van der Waals surface area contributed by atoms with Crippen molar-refractivity contribution in [3.63, 3.8) is 0 Å². The van der Waals surface area contributed by atoms with Gasteiger partial charge in [0.25, 0.3) is 0 Å². The molecule has 1 aliphatic heterocycles. The third-order valence-electron chi connectivity index (χ3n) is 6.14. The molecule has 2 aromatic rings. The average molecular weight is 563 g/mol. The quantitative estimate of drug-likeness (QED) is 0.153. The normalized spacial score (nSPS) is 17.6. The molecule has 14 nitrogen and oxygen atoms in total. The van der Waals surface area contributed by atoms with Crippen molar-refractivity contribution < 1.29 is 36.6 Å². The summed E-state index contributed by atoms with van der Waals surface area (Å²) in [4.78, 5) is 29.8. The van der Waals surface area contributed by atoms with E-state index < -0.39 is 27.7 Å². The molecular formula is C22H27BFN7O7S. The Kier molecular flexibility index (Phi) is 7.58. The zero-order chi connectivity index (χ0) is 28.6. The predicted molar refractivity (Wildman–Crippen MR) is 137 cm³/mol. The Hall–Kier alpha value is -3.73. The third kappa shape index (κ3) is 6.14. The molecule has 1 aromatic carbocycles. The Morgan fingerprint density at radius 3 is 2.62 bits per heavy atom. The summed E-state index contributed by atoms with van der Waals surface area (Å²) in [6, 6.07) is 3.56. The molecule has 0 unspecified atom stereocenters. The zero-order valence-electron chi connectivity index (χ0n) is 21.7. The van der Waals surface area contributed by atoms with Crippen molar-refractivity contribution in [2.45, 2.75) is 45.3 Å². The van der Waals surface area contributed by atoms with Crippen molar-refractivity contribution in [3.8, 4) is 0 Å². The lowest BCUT2D eigenvalue weighted by atomic mass is 9.61. The van der Waals surface area contributed by atoms with E-state index in [1.54, 1.807) is 20.8 Å². The highest BCUT2D eigenvalue weighted by atomic mass is 32.2. The molecule has 2 fully saturated rings. The minimum atomic E-state index is -4.03. The lowest BCUT2D eigenvalue weighted by Gasteiger charge is -2.58. The number of halogens is 1. The van der Waals surface area contributed by atoms with Crippen LogP contribution in [0.1, 0.15) is 39.3 Å². The van der Waals surface area contributed by atoms with Gasteiger partial charge < -0.3 is 14.9 Å². The summed E-state index contributed by atoms with van der Waals surface area (Å²) < 4.78 is 51.6. The number of carbonyl (C=O) groups excluding carboxylic acids is 2. The van der Waals surface area contributed by atoms with Crippen LogP contribution in [-0.4, -0.2) is 81.1 Å². The number of nitrogens with zero attached hydrogens (tertiary/aromatic N) is 5. The van der Waals surface area contributed by atoms with Crippen molar-refractivity contribution in [1.82, 2.24) is 19.3 Å². The number of hydrogen-bond acceptors (Lipinski definition) is 11. The minimum absolute atomic E-state index is 0.0483. The summed E-state index contributed by atoms with van der Waals surface area (Å²) in [5.41, 5.74) is -1.02. The topological polar surface area (TPSA) is 169 Å². The first-order valence-electron chi connectivity index (χ1n) is 11.8. The summed E-state index contributed by atoms with van der Waals surface area (Å²) in [7, 11) is 2.88. The van der Waals surface area contributed by atoms with E-state index in [1.165, 1.54) is 23.5 Å². The summed E-state index contributed by atoms with van der Waals surface area (Å²) in [5.74, 6) is -0.574. The van der Waals surface area contributed by atoms with Gasteiger partial charge in [0.2, 0.25) is 18.1 Å². The second kappa shape index (κ2) is 10.4. The maximum Gasteiger partial charge on any atom is 0.422 e. The van der Waals surface area contributed by atoms with Gasteiger partial charge in [-0.15, -0.1) is 0 Å². The fourth-order valence-corrected chi connectivity index (χ4v) is 5.78. The molecule has 2 radical (unpaired) electrons. The largest absolute Gasteiger partial charge is 0.443 e. The second-order valence-corrected chi connectivity index (χ2v) is 12.0. The number of aromatic nitrogens is 2. The Bertz CT molecular complexity index is 1380. The number of oxime groups is 1. The lowest BCUT2D eigenvalue weighted by molar-refractivity contribution is -0.106. The van der Waals surface area contributed by atoms with Crippen LogP contribution in [0.25, 0.3) is 0 Å². The van der Waals surface area contributed by atoms with Crippen LogP contribution in [0, 0.1) is 11.2 Å². The lowest BCUT2D eigenvalue weighted by Crippen LogP contribution is -2.67. The molecule has 2 heterocycles. The van der Waals surface area contributed by atoms with E-state index in [-0.39, 0.29) is 53.0 Å². The molecule has 1 saturated heterocycles. The van der Waals surface area contributed by atoms with Crippen molar-refractivity contribution in [3.05, 3.63) is 29.7 Å². The van der Waals surface area contributed by atoms with Crippen molar-refractivity contribution in [2.24, 2.45) is 10.6 Å². The van der Waals surface area contributed by atoms with E-state index in [1.807, 2.05) is 4.72 Å². The number of nitrogens with one attached hydrogen (secondary N) is 2. The Labute approximate surface area is 225 Å². The molecule has 0 bridgehead atoms. The molecule has 2 aliphatic rings. The molecule has 17 heteroatoms. The highest BCUT2D eigenvalue weighted by molar-refractivity contribution is 7.87. The van der Waals surface area contributed by atoms with Gasteiger partial charge in [0, 0.05) is 30.2 Å². The average Bonchev–Trinajstić information content (AvgIpc) is 3.22. The Morgan fingerprint density at radius 2 is 2.03 bits per heavy atom. The van der Waals surface area contributed by atoms with Gasteiger partial charge in [0.1, 0.15) is 26.4 Å². The summed E-state index contributed by atoms with van der Waals surface area (Å²) >= 11 is 0. The van der Waals surface area contributed by atoms with Crippen molar-refractivity contribution in [2.75, 3.05) is 30.4 Å². The smallest absolute Gasteiger partial charge is 0.422 e. The van der Waals surface area contributed by atoms with Crippen LogP contribution in [-0.2, 0) is 24.6 Å². The zero-order valence-corrected chi connectivity index (χ0v) is 22.5. The molecule has 1 saturated carbocycles. The fourth-order valence-electron chi connectivity index (χ4n) is 4.51. The van der Waals surface area contributed by atoms with Gasteiger partial charge in [-0.2, -0.15) is 12.7 Å². The fraction of sp³-hybridized carbons (Fsp3) is 0.500. The number of benzene rings is 1. The molecule has 2 amide bonds. The first-order chi connectivity index (χ1) is 18.3. The van der Waals surface area contributed by atoms with Gasteiger partial charge in [-0.3, -0.25) is 9.69 Å². The van der Waals surface area contributed by atoms with Gasteiger partial charge in [0.15, 0.2) is 5.69 Å². The van der Waals surface area contributed by atoms with E-state index in [9.17, 15) is 22.4 Å². The van der Waals surface area contributed by atoms with Gasteiger partial charge >= 0.3 is 16.3 Å². The summed E-state index contributed by atoms with van der Waals surface area (Å²) in [6.45, 7) is 5.36. The number of anilines is 2. The number of rotatable bonds is 8. The highest BCUT2D eigenvalue weighted by Crippen LogP contribution is 2.50. The first-order valence-corrected chi connectivity index (χ1v) is 13.2. The molecule has 1 aliphatic carbocycles. The van der Waals surface area contributed by atoms with Crippen LogP contribution >= 0.6 is 0 Å². The van der Waals surface area contributed by atoms with E-state index in [4.69, 9.17) is 22.0 Å². The highest BCUT2D eigenvalue weighted by Gasteiger charge is 2.56. The third-order valence-corrected chi connectivity index (χ3v) is 7.51. The number of ether oxygens (including phenoxy) is 1. The SMILES string of the molecule is [B]c1cc(N(C=O)/C(=N\OC)c2nonc2NC2CC3(C2)CN(S(=O)(=O)NC(=O)OC(C)(C)C)C3)ccc1F. The van der Waals surface area contributed by atoms with Gasteiger partial charge in [-0.1, -0.05) is 10.6 Å². The van der Waals surface area contributed by atoms with Crippen LogP contribution in [0.4, 0.5) is 20.7 Å². The van der Waals surface area contributed by atoms with Crippen LogP contribution in [0.5, 0.6) is 0 Å². The number of carbonyl (C=O) groups is 2. The van der Waals surface area contributed by atoms with Crippen molar-refractivity contribution in [1.29, 1.82) is 0 Å². The van der Waals surface area contributed by atoms with Crippen molar-refractivity contribution >= 4 is 53.4 Å². The molecule has 2 N–H and O–H groups in total. The van der Waals surface area contributed by atoms with Crippen LogP contribution in [0.3, 0.4) is 0 Å². The molecule has 1 spiro atoms. The predicted octanol–water partition coefficient (Wildman–Crippen LogP) is 0.619. The standard InChI is InChI=1S/C22H27BFN7O7S/c1-21(2,3)37-20(33)29-39(34,35)30-10-22(11-30)8-13(9-22)25-18-17(26-38-27-18)19(28-36-4)31(12-32)14-5-6-16(24)15(23)7-14/h5-7,12-13H,8-11H2,1-4H3,(H,25,27)(H,29,33)/b28-19-. The van der Waals surface area contributed by atoms with Crippen LogP contribution in [0.2, 0.25) is 0 Å². The Morgan fingerprint density at radius 1 is 1.33 bits per heavy atom. The van der Waals surface area contributed by atoms with Crippen LogP contribution < -0.4 is 20.4 Å². The monoisotopic (exact) mass is 563 g/mol. The second-order valence-electron chi connectivity index (χ2n) is 10.4. The number of hydrogen-bond donors (Lipinski definition) is 2. The first kappa shape index (κ1) is 28.3. The molecular weight excluding hydrogens is 536 g/mol. The van der Waals surface area contributed by atoms with Gasteiger partial charge in [0.05, 0.1) is 0 Å². The summed E-state index contributed by atoms with van der Waals surface area (Å²) in [6.07, 6.45) is 0.584. The maximum absolute atomic E-state index is 13.6. The maximum atomic E-state index is 13.6. The molecule has 0 atom stereocenters. The molecule has 208 valence electrons. The number of amidine groups is 1. The molecule has 4 rings (SSSR count). The van der Waals surface area contributed by atoms with Crippen LogP contribution in [0.15, 0.2) is 28.0 Å². The molecule has 1 aromatic heterocycles. The van der Waals surface area contributed by atoms with E-state index in [0.29, 0.717) is 19.3 Å². The minimum Gasteiger partial charge on any atom is -0.443 e. The van der Waals surface area contributed by atoms with Gasteiger partial charge in [-0.05, 0) is 62.1 Å². The molecule has 39 heavy (non-hydrogen) atoms.